The van der Waals surface area contributed by atoms with Gasteiger partial charge in [-0.3, -0.25) is 14.4 Å². The molecule has 0 saturated carbocycles. The van der Waals surface area contributed by atoms with E-state index in [2.05, 4.69) is 16.0 Å². The summed E-state index contributed by atoms with van der Waals surface area (Å²) in [6.07, 6.45) is 4.55. The van der Waals surface area contributed by atoms with Gasteiger partial charge in [-0.15, -0.1) is 0 Å². The number of carbonyl (C=O) groups excluding carboxylic acids is 3. The van der Waals surface area contributed by atoms with Crippen molar-refractivity contribution in [2.24, 2.45) is 21.1 Å². The molecule has 4 rings (SSSR count). The quantitative estimate of drug-likeness (QED) is 0.232. The topological polar surface area (TPSA) is 177 Å². The smallest absolute Gasteiger partial charge is 0.352 e. The van der Waals surface area contributed by atoms with E-state index >= 15 is 0 Å². The second kappa shape index (κ2) is 10.4. The number of anilines is 3. The number of carbonyl (C=O) groups is 5. The fourth-order valence-corrected chi connectivity index (χ4v) is 3.95. The molecule has 0 unspecified atom stereocenters. The molecule has 1 aromatic carbocycles. The molecular weight excluding hydrogens is 508 g/mol. The summed E-state index contributed by atoms with van der Waals surface area (Å²) in [5.74, 6) is -3.83. The van der Waals surface area contributed by atoms with E-state index in [4.69, 9.17) is 5.11 Å². The van der Waals surface area contributed by atoms with Crippen molar-refractivity contribution < 1.29 is 34.2 Å². The highest BCUT2D eigenvalue weighted by Crippen LogP contribution is 2.20. The van der Waals surface area contributed by atoms with Crippen LogP contribution >= 0.6 is 0 Å². The molecule has 0 atom stereocenters. The van der Waals surface area contributed by atoms with Crippen molar-refractivity contribution in [3.8, 4) is 0 Å². The van der Waals surface area contributed by atoms with Crippen molar-refractivity contribution in [1.29, 1.82) is 0 Å². The van der Waals surface area contributed by atoms with Gasteiger partial charge in [-0.05, 0) is 36.4 Å². The molecule has 0 spiro atoms. The van der Waals surface area contributed by atoms with E-state index in [1.807, 2.05) is 0 Å². The van der Waals surface area contributed by atoms with Crippen molar-refractivity contribution in [2.75, 3.05) is 16.0 Å². The van der Waals surface area contributed by atoms with E-state index < -0.39 is 29.7 Å². The van der Waals surface area contributed by atoms with Crippen LogP contribution < -0.4 is 16.0 Å². The highest BCUT2D eigenvalue weighted by Gasteiger charge is 2.19. The number of aromatic nitrogens is 3. The third-order valence-corrected chi connectivity index (χ3v) is 5.84. The van der Waals surface area contributed by atoms with E-state index in [0.717, 1.165) is 0 Å². The lowest BCUT2D eigenvalue weighted by atomic mass is 10.1. The van der Waals surface area contributed by atoms with Crippen molar-refractivity contribution in [3.05, 3.63) is 89.3 Å². The average Bonchev–Trinajstić information content (AvgIpc) is 3.54. The molecule has 3 amide bonds. The molecule has 0 radical (unpaired) electrons. The molecule has 3 heterocycles. The number of carboxylic acid groups (broad SMARTS) is 2. The Morgan fingerprint density at radius 3 is 1.41 bits per heavy atom. The Balaban J connectivity index is 1.44. The lowest BCUT2D eigenvalue weighted by molar-refractivity contribution is 0.0679. The minimum Gasteiger partial charge on any atom is -0.478 e. The Labute approximate surface area is 221 Å². The molecule has 13 nitrogen and oxygen atoms in total. The maximum atomic E-state index is 12.9. The maximum Gasteiger partial charge on any atom is 0.352 e. The van der Waals surface area contributed by atoms with Crippen molar-refractivity contribution in [1.82, 2.24) is 13.7 Å². The fraction of sp³-hybridized carbons (Fsp3) is 0.115. The van der Waals surface area contributed by atoms with Crippen LogP contribution in [0.15, 0.2) is 61.1 Å². The van der Waals surface area contributed by atoms with Gasteiger partial charge in [0.15, 0.2) is 0 Å². The van der Waals surface area contributed by atoms with E-state index in [9.17, 15) is 29.1 Å². The Hall–Kier alpha value is -5.59. The highest BCUT2D eigenvalue weighted by molar-refractivity contribution is 6.09. The lowest BCUT2D eigenvalue weighted by Crippen LogP contribution is -2.15. The summed E-state index contributed by atoms with van der Waals surface area (Å²) >= 11 is 0. The third-order valence-electron chi connectivity index (χ3n) is 5.84. The summed E-state index contributed by atoms with van der Waals surface area (Å²) in [4.78, 5) is 60.6. The molecule has 39 heavy (non-hydrogen) atoms. The summed E-state index contributed by atoms with van der Waals surface area (Å²) in [5, 5.41) is 26.3. The predicted molar refractivity (Wildman–Crippen MR) is 140 cm³/mol. The van der Waals surface area contributed by atoms with E-state index in [0.29, 0.717) is 17.1 Å². The van der Waals surface area contributed by atoms with Gasteiger partial charge in [-0.2, -0.15) is 0 Å². The van der Waals surface area contributed by atoms with Gasteiger partial charge in [-0.25, -0.2) is 9.59 Å². The lowest BCUT2D eigenvalue weighted by Gasteiger charge is -2.03. The molecule has 4 aromatic rings. The second-order valence-corrected chi connectivity index (χ2v) is 8.73. The van der Waals surface area contributed by atoms with Crippen LogP contribution in [0, 0.1) is 0 Å². The zero-order chi connectivity index (χ0) is 28.4. The van der Waals surface area contributed by atoms with Crippen LogP contribution in [0.4, 0.5) is 17.1 Å². The third kappa shape index (κ3) is 5.72. The summed E-state index contributed by atoms with van der Waals surface area (Å²) in [5.41, 5.74) is 1.53. The van der Waals surface area contributed by atoms with Gasteiger partial charge in [0.05, 0.1) is 22.6 Å². The van der Waals surface area contributed by atoms with E-state index in [1.54, 1.807) is 27.3 Å². The molecule has 3 aromatic heterocycles. The minimum absolute atomic E-state index is 0.0111. The number of hydrogen-bond donors (Lipinski definition) is 5. The monoisotopic (exact) mass is 532 g/mol. The molecule has 0 bridgehead atoms. The molecule has 0 aliphatic heterocycles. The van der Waals surface area contributed by atoms with E-state index in [-0.39, 0.29) is 28.2 Å². The molecule has 0 aliphatic rings. The maximum absolute atomic E-state index is 12.9. The number of nitrogens with zero attached hydrogens (tertiary/aromatic N) is 3. The number of amides is 3. The Morgan fingerprint density at radius 2 is 0.974 bits per heavy atom. The van der Waals surface area contributed by atoms with E-state index in [1.165, 1.54) is 68.6 Å². The number of hydrogen-bond acceptors (Lipinski definition) is 5. The second-order valence-electron chi connectivity index (χ2n) is 8.73. The molecule has 0 aliphatic carbocycles. The van der Waals surface area contributed by atoms with Crippen molar-refractivity contribution in [2.45, 2.75) is 0 Å². The first-order chi connectivity index (χ1) is 18.4. The van der Waals surface area contributed by atoms with Crippen molar-refractivity contribution >= 4 is 46.7 Å². The number of carboxylic acids is 2. The molecule has 13 heteroatoms. The van der Waals surface area contributed by atoms with Crippen molar-refractivity contribution in [3.63, 3.8) is 0 Å². The fourth-order valence-electron chi connectivity index (χ4n) is 3.95. The molecule has 0 saturated heterocycles. The summed E-state index contributed by atoms with van der Waals surface area (Å²) in [6.45, 7) is 0. The minimum atomic E-state index is -1.16. The normalized spacial score (nSPS) is 10.6. The van der Waals surface area contributed by atoms with Crippen LogP contribution in [0.1, 0.15) is 52.2 Å². The molecule has 200 valence electrons. The van der Waals surface area contributed by atoms with Gasteiger partial charge in [-0.1, -0.05) is 6.07 Å². The number of aryl methyl sites for hydroxylation is 3. The van der Waals surface area contributed by atoms with Crippen LogP contribution in [0.2, 0.25) is 0 Å². The number of aromatic carboxylic acids is 2. The first kappa shape index (κ1) is 26.5. The average molecular weight is 533 g/mol. The molecule has 0 fully saturated rings. The van der Waals surface area contributed by atoms with Gasteiger partial charge in [0.2, 0.25) is 0 Å². The van der Waals surface area contributed by atoms with Crippen LogP contribution in [-0.2, 0) is 21.1 Å². The van der Waals surface area contributed by atoms with Crippen LogP contribution in [0.25, 0.3) is 0 Å². The molecular formula is C26H24N6O7. The summed E-state index contributed by atoms with van der Waals surface area (Å²) < 4.78 is 4.39. The highest BCUT2D eigenvalue weighted by atomic mass is 16.4. The first-order valence-electron chi connectivity index (χ1n) is 11.4. The van der Waals surface area contributed by atoms with Gasteiger partial charge < -0.3 is 39.9 Å². The predicted octanol–water partition coefficient (Wildman–Crippen LogP) is 2.86. The van der Waals surface area contributed by atoms with Crippen LogP contribution in [0.3, 0.4) is 0 Å². The Morgan fingerprint density at radius 1 is 0.564 bits per heavy atom. The van der Waals surface area contributed by atoms with Gasteiger partial charge >= 0.3 is 11.9 Å². The Bertz CT molecular complexity index is 1640. The SMILES string of the molecule is Cn1cc(NC(=O)c2cc(NC(=O)c3cc(NC(=O)c4cccc(C(=O)O)c4)cn3C)cn2C)cc1C(=O)O. The summed E-state index contributed by atoms with van der Waals surface area (Å²) in [6, 6.07) is 9.82. The van der Waals surface area contributed by atoms with Gasteiger partial charge in [0, 0.05) is 45.3 Å². The summed E-state index contributed by atoms with van der Waals surface area (Å²) in [7, 11) is 4.78. The van der Waals surface area contributed by atoms with Gasteiger partial charge in [0.1, 0.15) is 17.1 Å². The standard InChI is InChI=1S/C26H24N6O7/c1-30-11-16(27-22(33)14-5-4-6-15(7-14)25(36)37)8-19(30)23(34)28-17-9-20(31(2)12-17)24(35)29-18-10-21(26(38)39)32(3)13-18/h4-13H,1-3H3,(H,27,33)(H,28,34)(H,29,35)(H,36,37)(H,38,39). The molecule has 5 N–H and O–H groups in total. The first-order valence-corrected chi connectivity index (χ1v) is 11.4. The largest absolute Gasteiger partial charge is 0.478 e. The zero-order valence-corrected chi connectivity index (χ0v) is 21.1. The zero-order valence-electron chi connectivity index (χ0n) is 21.1. The number of nitrogens with one attached hydrogen (secondary N) is 3. The van der Waals surface area contributed by atoms with Crippen LogP contribution in [0.5, 0.6) is 0 Å². The number of benzene rings is 1. The van der Waals surface area contributed by atoms with Crippen LogP contribution in [-0.4, -0.2) is 53.6 Å². The number of rotatable bonds is 8. The van der Waals surface area contributed by atoms with Gasteiger partial charge in [0.25, 0.3) is 17.7 Å². The Kier molecular flexibility index (Phi) is 7.07.